The molecule has 0 atom stereocenters. The molecule has 0 amide bonds. The minimum Gasteiger partial charge on any atom is -0.292 e. The lowest BCUT2D eigenvalue weighted by Gasteiger charge is -2.17. The Morgan fingerprint density at radius 2 is 0.736 bits per heavy atom. The van der Waals surface area contributed by atoms with E-state index in [0.717, 1.165) is 55.9 Å². The summed E-state index contributed by atoms with van der Waals surface area (Å²) in [6.07, 6.45) is 8.67. The number of fused-ring (bicyclic) bond motifs is 2. The van der Waals surface area contributed by atoms with Crippen LogP contribution in [0.25, 0.3) is 85.4 Å². The fourth-order valence-electron chi connectivity index (χ4n) is 7.23. The molecule has 0 saturated heterocycles. The molecule has 0 bridgehead atoms. The number of aromatic nitrogens is 2. The van der Waals surface area contributed by atoms with Crippen molar-refractivity contribution in [1.82, 2.24) is 9.55 Å². The fraction of sp³-hybridized carbons (Fsp3) is 0. The van der Waals surface area contributed by atoms with Crippen LogP contribution in [0.5, 0.6) is 0 Å². The smallest absolute Gasteiger partial charge is 0.145 e. The Kier molecular flexibility index (Phi) is 8.61. The second-order valence-corrected chi connectivity index (χ2v) is 13.2. The van der Waals surface area contributed by atoms with Gasteiger partial charge in [0.1, 0.15) is 5.82 Å². The summed E-state index contributed by atoms with van der Waals surface area (Å²) in [4.78, 5) is 5.59. The van der Waals surface area contributed by atoms with Gasteiger partial charge in [-0.25, -0.2) is 4.98 Å². The molecule has 0 saturated carbocycles. The average Bonchev–Trinajstić information content (AvgIpc) is 3.63. The summed E-state index contributed by atoms with van der Waals surface area (Å²) in [6, 6.07) is 68.7. The van der Waals surface area contributed by atoms with Crippen LogP contribution in [0.15, 0.2) is 194 Å². The van der Waals surface area contributed by atoms with E-state index < -0.39 is 0 Å². The second-order valence-electron chi connectivity index (χ2n) is 13.2. The second kappa shape index (κ2) is 14.3. The van der Waals surface area contributed by atoms with E-state index in [0.29, 0.717) is 0 Å². The summed E-state index contributed by atoms with van der Waals surface area (Å²) in [6.45, 7) is 0. The maximum atomic E-state index is 5.59. The summed E-state index contributed by atoms with van der Waals surface area (Å²) in [5.74, 6) is 0.912. The van der Waals surface area contributed by atoms with Crippen LogP contribution in [0.2, 0.25) is 0 Å². The molecule has 0 fully saturated rings. The highest BCUT2D eigenvalue weighted by Gasteiger charge is 2.25. The Hall–Kier alpha value is -7.03. The van der Waals surface area contributed by atoms with Crippen LogP contribution >= 0.6 is 0 Å². The van der Waals surface area contributed by atoms with E-state index in [-0.39, 0.29) is 0 Å². The van der Waals surface area contributed by atoms with Gasteiger partial charge in [-0.1, -0.05) is 206 Å². The molecule has 2 nitrogen and oxygen atoms in total. The Labute approximate surface area is 310 Å². The van der Waals surface area contributed by atoms with Crippen molar-refractivity contribution in [1.29, 1.82) is 0 Å². The fourth-order valence-corrected chi connectivity index (χ4v) is 7.23. The van der Waals surface area contributed by atoms with Gasteiger partial charge in [0, 0.05) is 22.4 Å². The van der Waals surface area contributed by atoms with Crippen molar-refractivity contribution < 1.29 is 0 Å². The Morgan fingerprint density at radius 3 is 1.25 bits per heavy atom. The maximum Gasteiger partial charge on any atom is 0.145 e. The van der Waals surface area contributed by atoms with Crippen LogP contribution in [0, 0.1) is 0 Å². The highest BCUT2D eigenvalue weighted by molar-refractivity contribution is 6.20. The van der Waals surface area contributed by atoms with Gasteiger partial charge >= 0.3 is 0 Å². The molecule has 250 valence electrons. The van der Waals surface area contributed by atoms with Gasteiger partial charge in [-0.15, -0.1) is 0 Å². The van der Waals surface area contributed by atoms with Gasteiger partial charge in [-0.3, -0.25) is 4.57 Å². The molecular weight excluding hydrogens is 641 g/mol. The van der Waals surface area contributed by atoms with Crippen molar-refractivity contribution in [2.45, 2.75) is 0 Å². The van der Waals surface area contributed by atoms with Crippen LogP contribution in [-0.2, 0) is 0 Å². The van der Waals surface area contributed by atoms with Gasteiger partial charge in [-0.05, 0) is 56.3 Å². The summed E-state index contributed by atoms with van der Waals surface area (Å²) in [5, 5.41) is 2.36. The SMILES string of the molecule is C(=Cc1ccc(-c2c3ccccc3c(-c3ccc(C=Cc4ccccc4)cc3)c3c2nc(-c2ccccc2)n3-c2ccccc2)cc1)c1ccccc1. The molecule has 0 unspecified atom stereocenters. The quantitative estimate of drug-likeness (QED) is 0.147. The van der Waals surface area contributed by atoms with Gasteiger partial charge < -0.3 is 0 Å². The Balaban J connectivity index is 1.29. The van der Waals surface area contributed by atoms with Crippen LogP contribution in [0.1, 0.15) is 22.3 Å². The zero-order valence-electron chi connectivity index (χ0n) is 29.2. The summed E-state index contributed by atoms with van der Waals surface area (Å²) in [5.41, 5.74) is 13.4. The first-order chi connectivity index (χ1) is 26.3. The maximum absolute atomic E-state index is 5.59. The zero-order valence-corrected chi connectivity index (χ0v) is 29.2. The van der Waals surface area contributed by atoms with Crippen molar-refractivity contribution in [3.05, 3.63) is 216 Å². The largest absolute Gasteiger partial charge is 0.292 e. The average molecular weight is 677 g/mol. The van der Waals surface area contributed by atoms with Crippen molar-refractivity contribution >= 4 is 46.1 Å². The van der Waals surface area contributed by atoms with Crippen molar-refractivity contribution in [2.75, 3.05) is 0 Å². The molecule has 1 heterocycles. The van der Waals surface area contributed by atoms with E-state index in [1.807, 2.05) is 12.1 Å². The lowest BCUT2D eigenvalue weighted by molar-refractivity contribution is 1.10. The third-order valence-corrected chi connectivity index (χ3v) is 9.80. The van der Waals surface area contributed by atoms with Crippen molar-refractivity contribution in [2.24, 2.45) is 0 Å². The van der Waals surface area contributed by atoms with Crippen LogP contribution in [0.3, 0.4) is 0 Å². The first-order valence-corrected chi connectivity index (χ1v) is 18.1. The normalized spacial score (nSPS) is 11.6. The molecule has 0 N–H and O–H groups in total. The van der Waals surface area contributed by atoms with E-state index in [1.54, 1.807) is 0 Å². The summed E-state index contributed by atoms with van der Waals surface area (Å²) in [7, 11) is 0. The molecule has 9 rings (SSSR count). The van der Waals surface area contributed by atoms with E-state index in [4.69, 9.17) is 4.98 Å². The van der Waals surface area contributed by atoms with Crippen LogP contribution < -0.4 is 0 Å². The minimum absolute atomic E-state index is 0.912. The summed E-state index contributed by atoms with van der Waals surface area (Å²) >= 11 is 0. The van der Waals surface area contributed by atoms with Crippen molar-refractivity contribution in [3.8, 4) is 39.3 Å². The number of hydrogen-bond acceptors (Lipinski definition) is 1. The third kappa shape index (κ3) is 6.39. The molecule has 9 aromatic rings. The number of para-hydroxylation sites is 1. The predicted molar refractivity (Wildman–Crippen MR) is 226 cm³/mol. The first kappa shape index (κ1) is 31.9. The van der Waals surface area contributed by atoms with Crippen molar-refractivity contribution in [3.63, 3.8) is 0 Å². The molecule has 0 spiro atoms. The first-order valence-electron chi connectivity index (χ1n) is 18.1. The number of nitrogens with zero attached hydrogens (tertiary/aromatic N) is 2. The lowest BCUT2D eigenvalue weighted by atomic mass is 9.89. The standard InChI is InChI=1S/C51H36N2/c1-5-15-37(16-6-1)25-27-39-29-33-41(34-30-39)47-45-23-13-14-24-46(45)48(42-35-31-40(32-36-42)28-26-38-17-7-2-8-18-38)50-49(47)52-51(43-19-9-3-10-20-43)53(50)44-21-11-4-12-22-44/h1-36H. The molecule has 0 radical (unpaired) electrons. The van der Waals surface area contributed by atoms with Gasteiger partial charge in [0.05, 0.1) is 11.0 Å². The number of hydrogen-bond donors (Lipinski definition) is 0. The van der Waals surface area contributed by atoms with Gasteiger partial charge in [-0.2, -0.15) is 0 Å². The van der Waals surface area contributed by atoms with E-state index in [1.165, 1.54) is 27.5 Å². The molecule has 53 heavy (non-hydrogen) atoms. The Morgan fingerprint density at radius 1 is 0.340 bits per heavy atom. The van der Waals surface area contributed by atoms with Gasteiger partial charge in [0.2, 0.25) is 0 Å². The van der Waals surface area contributed by atoms with Gasteiger partial charge in [0.15, 0.2) is 0 Å². The minimum atomic E-state index is 0.912. The number of rotatable bonds is 8. The molecule has 1 aromatic heterocycles. The highest BCUT2D eigenvalue weighted by Crippen LogP contribution is 2.46. The predicted octanol–water partition coefficient (Wildman–Crippen LogP) is 13.5. The molecule has 8 aromatic carbocycles. The third-order valence-electron chi connectivity index (χ3n) is 9.80. The molecule has 2 heteroatoms. The Bertz CT molecular complexity index is 2710. The molecule has 0 aliphatic carbocycles. The van der Waals surface area contributed by atoms with E-state index >= 15 is 0 Å². The highest BCUT2D eigenvalue weighted by atomic mass is 15.1. The molecule has 0 aliphatic heterocycles. The number of benzene rings is 8. The topological polar surface area (TPSA) is 17.8 Å². The van der Waals surface area contributed by atoms with Gasteiger partial charge in [0.25, 0.3) is 0 Å². The molecular formula is C51H36N2. The van der Waals surface area contributed by atoms with Crippen LogP contribution in [-0.4, -0.2) is 9.55 Å². The zero-order chi connectivity index (χ0) is 35.4. The van der Waals surface area contributed by atoms with Crippen LogP contribution in [0.4, 0.5) is 0 Å². The summed E-state index contributed by atoms with van der Waals surface area (Å²) < 4.78 is 2.36. The number of imidazole rings is 1. The van der Waals surface area contributed by atoms with E-state index in [2.05, 4.69) is 211 Å². The molecule has 0 aliphatic rings. The lowest BCUT2D eigenvalue weighted by Crippen LogP contribution is -1.99. The van der Waals surface area contributed by atoms with E-state index in [9.17, 15) is 0 Å². The monoisotopic (exact) mass is 676 g/mol.